The molecule has 0 saturated heterocycles. The van der Waals surface area contributed by atoms with E-state index in [-0.39, 0.29) is 6.10 Å². The van der Waals surface area contributed by atoms with Crippen molar-refractivity contribution >= 4 is 11.3 Å². The highest BCUT2D eigenvalue weighted by atomic mass is 32.1. The highest BCUT2D eigenvalue weighted by Crippen LogP contribution is 2.39. The minimum absolute atomic E-state index is 0.175. The molecule has 94 valence electrons. The minimum atomic E-state index is -0.175. The Bertz CT molecular complexity index is 353. The Labute approximate surface area is 108 Å². The quantitative estimate of drug-likeness (QED) is 0.832. The Kier molecular flexibility index (Phi) is 3.53. The van der Waals surface area contributed by atoms with Crippen LogP contribution in [-0.4, -0.2) is 5.11 Å². The SMILES string of the molecule is OC(c1cc2c(s1)CCCC2)C1CCCCC1. The molecule has 0 spiro atoms. The van der Waals surface area contributed by atoms with Crippen molar-refractivity contribution in [2.24, 2.45) is 5.92 Å². The number of fused-ring (bicyclic) bond motifs is 1. The maximum Gasteiger partial charge on any atom is 0.0910 e. The van der Waals surface area contributed by atoms with Crippen LogP contribution in [0.15, 0.2) is 6.07 Å². The Morgan fingerprint density at radius 1 is 1.06 bits per heavy atom. The molecule has 1 N–H and O–H groups in total. The van der Waals surface area contributed by atoms with E-state index in [1.807, 2.05) is 11.3 Å². The lowest BCUT2D eigenvalue weighted by Crippen LogP contribution is -2.14. The van der Waals surface area contributed by atoms with Gasteiger partial charge in [0.25, 0.3) is 0 Å². The van der Waals surface area contributed by atoms with Crippen LogP contribution in [0.1, 0.15) is 66.4 Å². The molecule has 2 aliphatic carbocycles. The molecule has 1 aromatic rings. The summed E-state index contributed by atoms with van der Waals surface area (Å²) in [5.41, 5.74) is 1.53. The standard InChI is InChI=1S/C15H22OS/c16-15(11-6-2-1-3-7-11)14-10-12-8-4-5-9-13(12)17-14/h10-11,15-16H,1-9H2. The molecule has 3 rings (SSSR count). The van der Waals surface area contributed by atoms with Crippen molar-refractivity contribution in [3.05, 3.63) is 21.4 Å². The monoisotopic (exact) mass is 250 g/mol. The molecule has 1 heterocycles. The molecule has 0 radical (unpaired) electrons. The van der Waals surface area contributed by atoms with E-state index in [1.54, 1.807) is 4.88 Å². The summed E-state index contributed by atoms with van der Waals surface area (Å²) in [5.74, 6) is 0.531. The van der Waals surface area contributed by atoms with E-state index < -0.39 is 0 Å². The van der Waals surface area contributed by atoms with Crippen LogP contribution in [-0.2, 0) is 12.8 Å². The largest absolute Gasteiger partial charge is 0.387 e. The molecule has 2 aliphatic rings. The minimum Gasteiger partial charge on any atom is -0.387 e. The van der Waals surface area contributed by atoms with E-state index in [0.717, 1.165) is 0 Å². The van der Waals surface area contributed by atoms with Crippen LogP contribution in [0.25, 0.3) is 0 Å². The number of hydrogen-bond donors (Lipinski definition) is 1. The zero-order valence-corrected chi connectivity index (χ0v) is 11.3. The second-order valence-corrected chi connectivity index (χ2v) is 6.82. The van der Waals surface area contributed by atoms with Crippen LogP contribution in [0.2, 0.25) is 0 Å². The molecule has 1 atom stereocenters. The third-order valence-corrected chi connectivity index (χ3v) is 5.71. The van der Waals surface area contributed by atoms with Crippen molar-refractivity contribution in [3.8, 4) is 0 Å². The first-order valence-corrected chi connectivity index (χ1v) is 7.96. The van der Waals surface area contributed by atoms with Crippen LogP contribution in [0.3, 0.4) is 0 Å². The fourth-order valence-corrected chi connectivity index (χ4v) is 4.68. The third kappa shape index (κ3) is 2.43. The average Bonchev–Trinajstić information content (AvgIpc) is 2.82. The van der Waals surface area contributed by atoms with Crippen molar-refractivity contribution < 1.29 is 5.11 Å². The van der Waals surface area contributed by atoms with Gasteiger partial charge in [0.05, 0.1) is 6.10 Å². The molecule has 0 amide bonds. The molecule has 17 heavy (non-hydrogen) atoms. The lowest BCUT2D eigenvalue weighted by Gasteiger charge is -2.25. The van der Waals surface area contributed by atoms with Crippen molar-refractivity contribution in [1.82, 2.24) is 0 Å². The van der Waals surface area contributed by atoms with Crippen LogP contribution in [0, 0.1) is 5.92 Å². The number of aliphatic hydroxyl groups is 1. The van der Waals surface area contributed by atoms with E-state index >= 15 is 0 Å². The van der Waals surface area contributed by atoms with E-state index in [4.69, 9.17) is 0 Å². The first-order chi connectivity index (χ1) is 8.34. The van der Waals surface area contributed by atoms with Crippen molar-refractivity contribution in [2.75, 3.05) is 0 Å². The normalized spacial score (nSPS) is 23.4. The van der Waals surface area contributed by atoms with Gasteiger partial charge in [-0.3, -0.25) is 0 Å². The number of aryl methyl sites for hydroxylation is 2. The van der Waals surface area contributed by atoms with Gasteiger partial charge >= 0.3 is 0 Å². The predicted octanol–water partition coefficient (Wildman–Crippen LogP) is 4.24. The van der Waals surface area contributed by atoms with Gasteiger partial charge in [-0.1, -0.05) is 19.3 Å². The van der Waals surface area contributed by atoms with Gasteiger partial charge in [-0.15, -0.1) is 11.3 Å². The zero-order chi connectivity index (χ0) is 11.7. The molecule has 1 unspecified atom stereocenters. The summed E-state index contributed by atoms with van der Waals surface area (Å²) < 4.78 is 0. The zero-order valence-electron chi connectivity index (χ0n) is 10.5. The highest BCUT2D eigenvalue weighted by molar-refractivity contribution is 7.12. The highest BCUT2D eigenvalue weighted by Gasteiger charge is 2.25. The third-order valence-electron chi connectivity index (χ3n) is 4.40. The maximum absolute atomic E-state index is 10.5. The van der Waals surface area contributed by atoms with Gasteiger partial charge in [-0.05, 0) is 56.1 Å². The predicted molar refractivity (Wildman–Crippen MR) is 72.5 cm³/mol. The summed E-state index contributed by atoms with van der Waals surface area (Å²) in [6, 6.07) is 2.30. The Morgan fingerprint density at radius 3 is 2.59 bits per heavy atom. The lowest BCUT2D eigenvalue weighted by atomic mass is 9.84. The number of hydrogen-bond acceptors (Lipinski definition) is 2. The van der Waals surface area contributed by atoms with Gasteiger partial charge < -0.3 is 5.11 Å². The van der Waals surface area contributed by atoms with E-state index in [9.17, 15) is 5.11 Å². The Morgan fingerprint density at radius 2 is 1.82 bits per heavy atom. The molecule has 1 fully saturated rings. The molecule has 0 aromatic carbocycles. The molecule has 2 heteroatoms. The van der Waals surface area contributed by atoms with Crippen LogP contribution in [0.4, 0.5) is 0 Å². The maximum atomic E-state index is 10.5. The molecule has 0 bridgehead atoms. The summed E-state index contributed by atoms with van der Waals surface area (Å²) in [4.78, 5) is 2.81. The fraction of sp³-hybridized carbons (Fsp3) is 0.733. The number of rotatable bonds is 2. The Hall–Kier alpha value is -0.340. The van der Waals surface area contributed by atoms with Crippen LogP contribution < -0.4 is 0 Å². The summed E-state index contributed by atoms with van der Waals surface area (Å²) >= 11 is 1.89. The molecular formula is C15H22OS. The van der Waals surface area contributed by atoms with Gasteiger partial charge in [-0.2, -0.15) is 0 Å². The van der Waals surface area contributed by atoms with Crippen molar-refractivity contribution in [3.63, 3.8) is 0 Å². The van der Waals surface area contributed by atoms with E-state index in [2.05, 4.69) is 6.07 Å². The first kappa shape index (κ1) is 11.7. The summed E-state index contributed by atoms with van der Waals surface area (Å²) in [5, 5.41) is 10.5. The topological polar surface area (TPSA) is 20.2 Å². The molecule has 1 aromatic heterocycles. The van der Waals surface area contributed by atoms with E-state index in [1.165, 1.54) is 68.2 Å². The molecule has 1 nitrogen and oxygen atoms in total. The van der Waals surface area contributed by atoms with Gasteiger partial charge in [-0.25, -0.2) is 0 Å². The number of aliphatic hydroxyl groups excluding tert-OH is 1. The van der Waals surface area contributed by atoms with Gasteiger partial charge in [0.1, 0.15) is 0 Å². The van der Waals surface area contributed by atoms with Gasteiger partial charge in [0.2, 0.25) is 0 Å². The smallest absolute Gasteiger partial charge is 0.0910 e. The van der Waals surface area contributed by atoms with E-state index in [0.29, 0.717) is 5.92 Å². The first-order valence-electron chi connectivity index (χ1n) is 7.14. The van der Waals surface area contributed by atoms with Crippen LogP contribution >= 0.6 is 11.3 Å². The molecule has 0 aliphatic heterocycles. The number of thiophene rings is 1. The summed E-state index contributed by atoms with van der Waals surface area (Å²) in [6.07, 6.45) is 11.4. The molecule has 1 saturated carbocycles. The lowest BCUT2D eigenvalue weighted by molar-refractivity contribution is 0.0879. The summed E-state index contributed by atoms with van der Waals surface area (Å²) in [7, 11) is 0. The second kappa shape index (κ2) is 5.11. The second-order valence-electron chi connectivity index (χ2n) is 5.65. The van der Waals surface area contributed by atoms with Crippen LogP contribution in [0.5, 0.6) is 0 Å². The fourth-order valence-electron chi connectivity index (χ4n) is 3.34. The van der Waals surface area contributed by atoms with Gasteiger partial charge in [0, 0.05) is 9.75 Å². The summed E-state index contributed by atoms with van der Waals surface area (Å²) in [6.45, 7) is 0. The van der Waals surface area contributed by atoms with Crippen molar-refractivity contribution in [2.45, 2.75) is 63.9 Å². The average molecular weight is 250 g/mol. The van der Waals surface area contributed by atoms with Gasteiger partial charge in [0.15, 0.2) is 0 Å². The Balaban J connectivity index is 1.76. The molecular weight excluding hydrogens is 228 g/mol. The van der Waals surface area contributed by atoms with Crippen molar-refractivity contribution in [1.29, 1.82) is 0 Å².